The first-order valence-electron chi connectivity index (χ1n) is 6.15. The molecule has 0 saturated carbocycles. The second-order valence-electron chi connectivity index (χ2n) is 4.78. The van der Waals surface area contributed by atoms with Crippen molar-refractivity contribution in [2.24, 2.45) is 0 Å². The predicted octanol–water partition coefficient (Wildman–Crippen LogP) is 1.66. The van der Waals surface area contributed by atoms with Crippen molar-refractivity contribution in [2.45, 2.75) is 24.8 Å². The number of aromatic nitrogens is 1. The van der Waals surface area contributed by atoms with Crippen LogP contribution in [0.15, 0.2) is 24.5 Å². The van der Waals surface area contributed by atoms with Gasteiger partial charge in [-0.1, -0.05) is 0 Å². The summed E-state index contributed by atoms with van der Waals surface area (Å²) in [5.74, 6) is 0.698. The molecule has 0 aromatic carbocycles. The lowest BCUT2D eigenvalue weighted by Crippen LogP contribution is -2.33. The summed E-state index contributed by atoms with van der Waals surface area (Å²) < 4.78 is 5.46. The van der Waals surface area contributed by atoms with E-state index in [9.17, 15) is 0 Å². The minimum absolute atomic E-state index is 0.673. The van der Waals surface area contributed by atoms with Gasteiger partial charge < -0.3 is 4.74 Å². The summed E-state index contributed by atoms with van der Waals surface area (Å²) in [6, 6.07) is 4.98. The monoisotopic (exact) mass is 218 g/mol. The molecule has 2 atom stereocenters. The van der Waals surface area contributed by atoms with Crippen LogP contribution in [0.4, 0.5) is 0 Å². The Hall–Kier alpha value is -0.930. The van der Waals surface area contributed by atoms with Gasteiger partial charge in [0.25, 0.3) is 0 Å². The van der Waals surface area contributed by atoms with Crippen molar-refractivity contribution in [3.63, 3.8) is 0 Å². The van der Waals surface area contributed by atoms with Crippen LogP contribution in [-0.2, 0) is 4.74 Å². The molecule has 0 amide bonds. The maximum Gasteiger partial charge on any atom is 0.0622 e. The number of rotatable bonds is 2. The van der Waals surface area contributed by atoms with Crippen LogP contribution in [0.1, 0.15) is 24.3 Å². The van der Waals surface area contributed by atoms with E-state index in [4.69, 9.17) is 4.74 Å². The van der Waals surface area contributed by atoms with Crippen LogP contribution in [0.3, 0.4) is 0 Å². The number of hydrogen-bond donors (Lipinski definition) is 0. The third kappa shape index (κ3) is 1.97. The smallest absolute Gasteiger partial charge is 0.0622 e. The van der Waals surface area contributed by atoms with E-state index in [1.54, 1.807) is 0 Å². The van der Waals surface area contributed by atoms with Gasteiger partial charge in [0, 0.05) is 31.6 Å². The van der Waals surface area contributed by atoms with Crippen molar-refractivity contribution in [1.29, 1.82) is 0 Å². The molecule has 0 spiro atoms. The minimum Gasteiger partial charge on any atom is -0.380 e. The van der Waals surface area contributed by atoms with Gasteiger partial charge in [0.2, 0.25) is 0 Å². The van der Waals surface area contributed by atoms with E-state index in [0.717, 1.165) is 13.2 Å². The molecule has 3 nitrogen and oxygen atoms in total. The van der Waals surface area contributed by atoms with Crippen LogP contribution < -0.4 is 0 Å². The normalized spacial score (nSPS) is 31.0. The molecule has 0 aliphatic carbocycles. The highest BCUT2D eigenvalue weighted by molar-refractivity contribution is 5.17. The Morgan fingerprint density at radius 1 is 1.25 bits per heavy atom. The molecular weight excluding hydrogens is 200 g/mol. The number of ether oxygens (including phenoxy) is 1. The first-order valence-corrected chi connectivity index (χ1v) is 6.15. The molecule has 2 aliphatic heterocycles. The largest absolute Gasteiger partial charge is 0.380 e. The Kier molecular flexibility index (Phi) is 2.89. The summed E-state index contributed by atoms with van der Waals surface area (Å²) in [5.41, 5.74) is 1.44. The van der Waals surface area contributed by atoms with Gasteiger partial charge in [-0.15, -0.1) is 0 Å². The number of pyridine rings is 1. The van der Waals surface area contributed by atoms with Gasteiger partial charge in [-0.2, -0.15) is 0 Å². The zero-order valence-electron chi connectivity index (χ0n) is 9.51. The van der Waals surface area contributed by atoms with Crippen LogP contribution in [0, 0.1) is 0 Å². The molecule has 86 valence electrons. The summed E-state index contributed by atoms with van der Waals surface area (Å²) in [6.45, 7) is 4.29. The van der Waals surface area contributed by atoms with E-state index in [-0.39, 0.29) is 0 Å². The fraction of sp³-hybridized carbons (Fsp3) is 0.615. The molecule has 2 aliphatic rings. The lowest BCUT2D eigenvalue weighted by molar-refractivity contribution is 0.158. The minimum atomic E-state index is 0.673. The topological polar surface area (TPSA) is 25.4 Å². The summed E-state index contributed by atoms with van der Waals surface area (Å²) in [7, 11) is 0. The van der Waals surface area contributed by atoms with Gasteiger partial charge in [-0.05, 0) is 43.0 Å². The van der Waals surface area contributed by atoms with Gasteiger partial charge in [0.1, 0.15) is 0 Å². The number of nitrogens with zero attached hydrogens (tertiary/aromatic N) is 2. The van der Waals surface area contributed by atoms with Crippen LogP contribution in [0.25, 0.3) is 0 Å². The highest BCUT2D eigenvalue weighted by atomic mass is 16.5. The highest BCUT2D eigenvalue weighted by Gasteiger charge is 2.30. The second kappa shape index (κ2) is 4.52. The van der Waals surface area contributed by atoms with Crippen LogP contribution >= 0.6 is 0 Å². The lowest BCUT2D eigenvalue weighted by atomic mass is 10.00. The van der Waals surface area contributed by atoms with Crippen LogP contribution in [0.5, 0.6) is 0 Å². The van der Waals surface area contributed by atoms with Gasteiger partial charge in [0.15, 0.2) is 0 Å². The Morgan fingerprint density at radius 3 is 2.88 bits per heavy atom. The van der Waals surface area contributed by atoms with E-state index in [1.165, 1.54) is 31.5 Å². The Balaban J connectivity index is 1.64. The average molecular weight is 218 g/mol. The van der Waals surface area contributed by atoms with Crippen molar-refractivity contribution in [1.82, 2.24) is 9.88 Å². The Labute approximate surface area is 96.4 Å². The maximum atomic E-state index is 5.46. The molecule has 0 N–H and O–H groups in total. The quantitative estimate of drug-likeness (QED) is 0.755. The molecule has 16 heavy (non-hydrogen) atoms. The molecule has 0 bridgehead atoms. The molecule has 2 saturated heterocycles. The van der Waals surface area contributed by atoms with Gasteiger partial charge in [0.05, 0.1) is 6.61 Å². The summed E-state index contributed by atoms with van der Waals surface area (Å²) in [6.07, 6.45) is 6.29. The van der Waals surface area contributed by atoms with Crippen molar-refractivity contribution < 1.29 is 4.74 Å². The Bertz CT molecular complexity index is 335. The SMILES string of the molecule is c1cc([C@@H]2CCN([C@@H]3CCOC3)C2)ccn1. The van der Waals surface area contributed by atoms with E-state index in [2.05, 4.69) is 22.0 Å². The number of likely N-dealkylation sites (tertiary alicyclic amines) is 1. The first kappa shape index (κ1) is 10.2. The molecule has 2 fully saturated rings. The fourth-order valence-electron chi connectivity index (χ4n) is 2.84. The van der Waals surface area contributed by atoms with E-state index < -0.39 is 0 Å². The highest BCUT2D eigenvalue weighted by Crippen LogP contribution is 2.29. The van der Waals surface area contributed by atoms with Gasteiger partial charge >= 0.3 is 0 Å². The van der Waals surface area contributed by atoms with E-state index in [1.807, 2.05) is 12.4 Å². The lowest BCUT2D eigenvalue weighted by Gasteiger charge is -2.22. The van der Waals surface area contributed by atoms with Crippen molar-refractivity contribution in [3.8, 4) is 0 Å². The third-order valence-corrected chi connectivity index (χ3v) is 3.82. The van der Waals surface area contributed by atoms with Crippen molar-refractivity contribution in [3.05, 3.63) is 30.1 Å². The molecule has 1 aromatic rings. The zero-order chi connectivity index (χ0) is 10.8. The van der Waals surface area contributed by atoms with Crippen LogP contribution in [-0.4, -0.2) is 42.2 Å². The molecule has 3 rings (SSSR count). The molecule has 3 heterocycles. The third-order valence-electron chi connectivity index (χ3n) is 3.82. The van der Waals surface area contributed by atoms with Gasteiger partial charge in [-0.25, -0.2) is 0 Å². The summed E-state index contributed by atoms with van der Waals surface area (Å²) in [4.78, 5) is 6.67. The maximum absolute atomic E-state index is 5.46. The molecule has 0 radical (unpaired) electrons. The van der Waals surface area contributed by atoms with Crippen molar-refractivity contribution >= 4 is 0 Å². The summed E-state index contributed by atoms with van der Waals surface area (Å²) in [5, 5.41) is 0. The predicted molar refractivity (Wildman–Crippen MR) is 62.4 cm³/mol. The molecule has 0 unspecified atom stereocenters. The molecular formula is C13H18N2O. The van der Waals surface area contributed by atoms with E-state index >= 15 is 0 Å². The summed E-state index contributed by atoms with van der Waals surface area (Å²) >= 11 is 0. The average Bonchev–Trinajstić information content (AvgIpc) is 3.01. The standard InChI is InChI=1S/C13H18N2O/c1-5-14-6-2-11(1)12-3-7-15(9-12)13-4-8-16-10-13/h1-2,5-6,12-13H,3-4,7-10H2/t12-,13-/m1/s1. The van der Waals surface area contributed by atoms with Crippen LogP contribution in [0.2, 0.25) is 0 Å². The Morgan fingerprint density at radius 2 is 2.12 bits per heavy atom. The molecule has 1 aromatic heterocycles. The number of hydrogen-bond acceptors (Lipinski definition) is 3. The van der Waals surface area contributed by atoms with Crippen molar-refractivity contribution in [2.75, 3.05) is 26.3 Å². The first-order chi connectivity index (χ1) is 7.93. The van der Waals surface area contributed by atoms with E-state index in [0.29, 0.717) is 12.0 Å². The van der Waals surface area contributed by atoms with Gasteiger partial charge in [-0.3, -0.25) is 9.88 Å². The zero-order valence-corrected chi connectivity index (χ0v) is 9.51. The second-order valence-corrected chi connectivity index (χ2v) is 4.78. The molecule has 3 heteroatoms. The fourth-order valence-corrected chi connectivity index (χ4v) is 2.84.